The van der Waals surface area contributed by atoms with Crippen LogP contribution in [0.15, 0.2) is 0 Å². The molecule has 0 spiro atoms. The van der Waals surface area contributed by atoms with E-state index in [0.29, 0.717) is 19.5 Å². The van der Waals surface area contributed by atoms with Crippen molar-refractivity contribution in [3.05, 3.63) is 0 Å². The van der Waals surface area contributed by atoms with Crippen LogP contribution in [0.1, 0.15) is 13.3 Å². The van der Waals surface area contributed by atoms with E-state index in [2.05, 4.69) is 14.8 Å². The van der Waals surface area contributed by atoms with Gasteiger partial charge in [-0.2, -0.15) is 0 Å². The smallest absolute Gasteiger partial charge is 0.322 e. The van der Waals surface area contributed by atoms with E-state index in [9.17, 15) is 13.2 Å². The molecule has 15 heavy (non-hydrogen) atoms. The molecule has 90 valence electrons. The predicted molar refractivity (Wildman–Crippen MR) is 56.9 cm³/mol. The molecule has 7 heteroatoms. The van der Waals surface area contributed by atoms with Crippen LogP contribution in [0.4, 0.5) is 0 Å². The highest BCUT2D eigenvalue weighted by atomic mass is 32.2. The Bertz CT molecular complexity index is 289. The van der Waals surface area contributed by atoms with Gasteiger partial charge in [0.25, 0.3) is 0 Å². The summed E-state index contributed by atoms with van der Waals surface area (Å²) in [4.78, 5) is 10.9. The van der Waals surface area contributed by atoms with Gasteiger partial charge in [0.05, 0.1) is 13.4 Å². The van der Waals surface area contributed by atoms with E-state index in [1.807, 2.05) is 0 Å². The number of carbonyl (C=O) groups excluding carboxylic acids is 1. The molecule has 6 nitrogen and oxygen atoms in total. The lowest BCUT2D eigenvalue weighted by Crippen LogP contribution is -2.36. The van der Waals surface area contributed by atoms with Crippen molar-refractivity contribution < 1.29 is 17.9 Å². The van der Waals surface area contributed by atoms with E-state index in [4.69, 9.17) is 0 Å². The highest BCUT2D eigenvalue weighted by Crippen LogP contribution is 1.86. The first-order valence-corrected chi connectivity index (χ1v) is 6.52. The van der Waals surface area contributed by atoms with E-state index in [-0.39, 0.29) is 12.0 Å². The monoisotopic (exact) mass is 238 g/mol. The number of esters is 1. The standard InChI is InChI=1S/C8H18N2O4S/c1-7(8(11)14-2)9-5-4-6-10-15(3,12)13/h7,9-10H,4-6H2,1-3H3. The fraction of sp³-hybridized carbons (Fsp3) is 0.875. The third-order valence-corrected chi connectivity index (χ3v) is 2.45. The molecule has 0 aromatic rings. The summed E-state index contributed by atoms with van der Waals surface area (Å²) in [6.45, 7) is 2.61. The van der Waals surface area contributed by atoms with Gasteiger partial charge in [0.15, 0.2) is 0 Å². The van der Waals surface area contributed by atoms with E-state index >= 15 is 0 Å². The average Bonchev–Trinajstić information content (AvgIpc) is 2.14. The lowest BCUT2D eigenvalue weighted by molar-refractivity contribution is -0.142. The molecule has 1 atom stereocenters. The summed E-state index contributed by atoms with van der Waals surface area (Å²) in [7, 11) is -1.79. The molecule has 0 saturated carbocycles. The zero-order chi connectivity index (χ0) is 11.9. The summed E-state index contributed by atoms with van der Waals surface area (Å²) < 4.78 is 28.2. The normalized spacial score (nSPS) is 13.5. The Morgan fingerprint density at radius 1 is 1.40 bits per heavy atom. The van der Waals surface area contributed by atoms with Crippen molar-refractivity contribution in [3.8, 4) is 0 Å². The van der Waals surface area contributed by atoms with Crippen LogP contribution in [0.3, 0.4) is 0 Å². The Labute approximate surface area is 90.4 Å². The Morgan fingerprint density at radius 2 is 2.00 bits per heavy atom. The number of rotatable bonds is 7. The maximum absolute atomic E-state index is 10.9. The van der Waals surface area contributed by atoms with Crippen LogP contribution in [0, 0.1) is 0 Å². The lowest BCUT2D eigenvalue weighted by Gasteiger charge is -2.10. The number of sulfonamides is 1. The molecule has 0 amide bonds. The van der Waals surface area contributed by atoms with Crippen LogP contribution in [0.5, 0.6) is 0 Å². The van der Waals surface area contributed by atoms with Crippen LogP contribution in [0.2, 0.25) is 0 Å². The van der Waals surface area contributed by atoms with Crippen molar-refractivity contribution in [2.45, 2.75) is 19.4 Å². The molecule has 0 radical (unpaired) electrons. The topological polar surface area (TPSA) is 84.5 Å². The summed E-state index contributed by atoms with van der Waals surface area (Å²) in [5, 5.41) is 2.91. The number of carbonyl (C=O) groups is 1. The third kappa shape index (κ3) is 8.34. The van der Waals surface area contributed by atoms with Crippen LogP contribution in [-0.4, -0.2) is 46.9 Å². The lowest BCUT2D eigenvalue weighted by atomic mass is 10.3. The molecular weight excluding hydrogens is 220 g/mol. The highest BCUT2D eigenvalue weighted by Gasteiger charge is 2.10. The van der Waals surface area contributed by atoms with Crippen LogP contribution in [-0.2, 0) is 19.6 Å². The van der Waals surface area contributed by atoms with E-state index in [0.717, 1.165) is 6.26 Å². The molecular formula is C8H18N2O4S. The number of hydrogen-bond donors (Lipinski definition) is 2. The van der Waals surface area contributed by atoms with Gasteiger partial charge in [-0.25, -0.2) is 13.1 Å². The van der Waals surface area contributed by atoms with Crippen molar-refractivity contribution in [2.75, 3.05) is 26.5 Å². The third-order valence-electron chi connectivity index (χ3n) is 1.72. The van der Waals surface area contributed by atoms with Gasteiger partial charge >= 0.3 is 5.97 Å². The fourth-order valence-electron chi connectivity index (χ4n) is 0.925. The number of methoxy groups -OCH3 is 1. The minimum Gasteiger partial charge on any atom is -0.468 e. The van der Waals surface area contributed by atoms with Gasteiger partial charge in [-0.3, -0.25) is 4.79 Å². The average molecular weight is 238 g/mol. The second-order valence-electron chi connectivity index (χ2n) is 3.22. The Balaban J connectivity index is 3.51. The summed E-state index contributed by atoms with van der Waals surface area (Å²) in [6, 6.07) is -0.367. The summed E-state index contributed by atoms with van der Waals surface area (Å²) >= 11 is 0. The number of nitrogens with one attached hydrogen (secondary N) is 2. The summed E-state index contributed by atoms with van der Waals surface area (Å²) in [5.41, 5.74) is 0. The van der Waals surface area contributed by atoms with Crippen molar-refractivity contribution >= 4 is 16.0 Å². The summed E-state index contributed by atoms with van der Waals surface area (Å²) in [6.07, 6.45) is 1.73. The Kier molecular flexibility index (Phi) is 6.46. The van der Waals surface area contributed by atoms with Gasteiger partial charge in [-0.1, -0.05) is 0 Å². The van der Waals surface area contributed by atoms with Gasteiger partial charge in [0, 0.05) is 6.54 Å². The van der Waals surface area contributed by atoms with Crippen molar-refractivity contribution in [1.82, 2.24) is 10.0 Å². The highest BCUT2D eigenvalue weighted by molar-refractivity contribution is 7.88. The van der Waals surface area contributed by atoms with Crippen LogP contribution in [0.25, 0.3) is 0 Å². The molecule has 0 fully saturated rings. The second-order valence-corrected chi connectivity index (χ2v) is 5.05. The van der Waals surface area contributed by atoms with E-state index in [1.165, 1.54) is 7.11 Å². The predicted octanol–water partition coefficient (Wildman–Crippen LogP) is -0.923. The van der Waals surface area contributed by atoms with Gasteiger partial charge in [0.2, 0.25) is 10.0 Å². The van der Waals surface area contributed by atoms with Crippen LogP contribution < -0.4 is 10.0 Å². The quantitative estimate of drug-likeness (QED) is 0.442. The molecule has 0 aliphatic carbocycles. The molecule has 1 unspecified atom stereocenters. The molecule has 0 aliphatic rings. The molecule has 0 aromatic heterocycles. The molecule has 0 saturated heterocycles. The number of ether oxygens (including phenoxy) is 1. The largest absolute Gasteiger partial charge is 0.468 e. The maximum atomic E-state index is 10.9. The van der Waals surface area contributed by atoms with E-state index in [1.54, 1.807) is 6.92 Å². The first kappa shape index (κ1) is 14.3. The van der Waals surface area contributed by atoms with Gasteiger partial charge in [-0.05, 0) is 19.9 Å². The minimum absolute atomic E-state index is 0.328. The number of hydrogen-bond acceptors (Lipinski definition) is 5. The van der Waals surface area contributed by atoms with Gasteiger partial charge < -0.3 is 10.1 Å². The van der Waals surface area contributed by atoms with E-state index < -0.39 is 10.0 Å². The zero-order valence-electron chi connectivity index (χ0n) is 9.24. The van der Waals surface area contributed by atoms with Gasteiger partial charge in [0.1, 0.15) is 6.04 Å². The summed E-state index contributed by atoms with van der Waals surface area (Å²) in [5.74, 6) is -0.328. The molecule has 0 rings (SSSR count). The molecule has 0 aliphatic heterocycles. The SMILES string of the molecule is COC(=O)C(C)NCCCNS(C)(=O)=O. The van der Waals surface area contributed by atoms with Crippen molar-refractivity contribution in [2.24, 2.45) is 0 Å². The first-order valence-electron chi connectivity index (χ1n) is 4.62. The van der Waals surface area contributed by atoms with Crippen molar-refractivity contribution in [1.29, 1.82) is 0 Å². The first-order chi connectivity index (χ1) is 6.87. The Morgan fingerprint density at radius 3 is 2.47 bits per heavy atom. The second kappa shape index (κ2) is 6.76. The maximum Gasteiger partial charge on any atom is 0.322 e. The molecule has 0 bridgehead atoms. The Hall–Kier alpha value is -0.660. The fourth-order valence-corrected chi connectivity index (χ4v) is 1.44. The van der Waals surface area contributed by atoms with Gasteiger partial charge in [-0.15, -0.1) is 0 Å². The zero-order valence-corrected chi connectivity index (χ0v) is 10.1. The molecule has 0 aromatic carbocycles. The van der Waals surface area contributed by atoms with Crippen molar-refractivity contribution in [3.63, 3.8) is 0 Å². The molecule has 2 N–H and O–H groups in total. The van der Waals surface area contributed by atoms with Crippen LogP contribution >= 0.6 is 0 Å². The molecule has 0 heterocycles. The minimum atomic E-state index is -3.12.